The van der Waals surface area contributed by atoms with Crippen molar-refractivity contribution in [1.82, 2.24) is 0 Å². The number of benzene rings is 2. The van der Waals surface area contributed by atoms with Crippen LogP contribution in [0.2, 0.25) is 0 Å². The SMILES string of the molecule is CC1c2cc(c(C(C)(C)C)cc2C(C)(C)C)OP(=O)([O-])Oc2cc1c(C(C)(C)C)cc2C(C)(C)C.[Na+]. The molecule has 0 atom stereocenters. The average Bonchev–Trinajstić information content (AvgIpc) is 2.61. The van der Waals surface area contributed by atoms with E-state index in [4.69, 9.17) is 9.05 Å². The van der Waals surface area contributed by atoms with Gasteiger partial charge in [-0.2, -0.15) is 0 Å². The molecule has 36 heavy (non-hydrogen) atoms. The zero-order chi connectivity index (χ0) is 26.9. The Hall–Kier alpha value is -0.770. The van der Waals surface area contributed by atoms with E-state index in [1.54, 1.807) is 0 Å². The van der Waals surface area contributed by atoms with Gasteiger partial charge in [0, 0.05) is 17.0 Å². The summed E-state index contributed by atoms with van der Waals surface area (Å²) in [5.74, 6) is 0.714. The predicted octanol–water partition coefficient (Wildman–Crippen LogP) is 5.27. The molecule has 0 aromatic heterocycles. The van der Waals surface area contributed by atoms with Crippen molar-refractivity contribution in [3.8, 4) is 11.5 Å². The maximum absolute atomic E-state index is 13.3. The number of phosphoric acid groups is 1. The Bertz CT molecular complexity index is 1100. The molecular formula is C30H44NaO4P. The van der Waals surface area contributed by atoms with Crippen LogP contribution in [0.25, 0.3) is 0 Å². The normalized spacial score (nSPS) is 20.7. The van der Waals surface area contributed by atoms with Crippen LogP contribution in [0.5, 0.6) is 11.5 Å². The standard InChI is InChI=1S/C30H45O4P.Na/c1-18-19-14-25(23(29(8,9)10)16-21(19)27(2,3)4)33-35(31,32)34-26-15-20(18)22(28(5,6)7)17-24(26)30(11,12)13;/h14-18H,1-13H3,(H,31,32);/q;+1/p-1. The first-order valence-electron chi connectivity index (χ1n) is 12.6. The minimum Gasteiger partial charge on any atom is -0.736 e. The van der Waals surface area contributed by atoms with Gasteiger partial charge in [-0.05, 0) is 56.0 Å². The van der Waals surface area contributed by atoms with E-state index in [1.165, 1.54) is 11.1 Å². The topological polar surface area (TPSA) is 58.6 Å². The zero-order valence-electron chi connectivity index (χ0n) is 25.0. The Kier molecular flexibility index (Phi) is 8.53. The van der Waals surface area contributed by atoms with E-state index in [-0.39, 0.29) is 57.1 Å². The molecule has 194 valence electrons. The van der Waals surface area contributed by atoms with Crippen molar-refractivity contribution < 1.29 is 48.1 Å². The molecule has 0 fully saturated rings. The monoisotopic (exact) mass is 522 g/mol. The van der Waals surface area contributed by atoms with Crippen molar-refractivity contribution in [1.29, 1.82) is 0 Å². The van der Waals surface area contributed by atoms with Crippen LogP contribution in [-0.2, 0) is 26.2 Å². The summed E-state index contributed by atoms with van der Waals surface area (Å²) in [5, 5.41) is 0. The van der Waals surface area contributed by atoms with Gasteiger partial charge in [-0.3, -0.25) is 0 Å². The van der Waals surface area contributed by atoms with E-state index in [0.717, 1.165) is 22.3 Å². The van der Waals surface area contributed by atoms with Gasteiger partial charge >= 0.3 is 37.4 Å². The van der Waals surface area contributed by atoms with Gasteiger partial charge in [0.1, 0.15) is 11.5 Å². The van der Waals surface area contributed by atoms with Crippen molar-refractivity contribution >= 4 is 7.82 Å². The second kappa shape index (κ2) is 9.76. The van der Waals surface area contributed by atoms with E-state index in [1.807, 2.05) is 12.1 Å². The molecule has 1 aliphatic heterocycles. The molecule has 1 aliphatic rings. The van der Waals surface area contributed by atoms with Gasteiger partial charge in [-0.15, -0.1) is 0 Å². The molecule has 2 aromatic carbocycles. The van der Waals surface area contributed by atoms with Crippen LogP contribution in [0.3, 0.4) is 0 Å². The fraction of sp³-hybridized carbons (Fsp3) is 0.600. The van der Waals surface area contributed by atoms with Crippen molar-refractivity contribution in [2.75, 3.05) is 0 Å². The maximum atomic E-state index is 13.3. The first kappa shape index (κ1) is 31.4. The van der Waals surface area contributed by atoms with Crippen molar-refractivity contribution in [2.45, 2.75) is 118 Å². The maximum Gasteiger partial charge on any atom is 1.00 e. The van der Waals surface area contributed by atoms with Gasteiger partial charge < -0.3 is 13.9 Å². The summed E-state index contributed by atoms with van der Waals surface area (Å²) in [6.07, 6.45) is 0. The molecule has 2 aromatic rings. The minimum absolute atomic E-state index is 0. The van der Waals surface area contributed by atoms with Crippen LogP contribution in [0.15, 0.2) is 24.3 Å². The first-order valence-corrected chi connectivity index (χ1v) is 14.1. The van der Waals surface area contributed by atoms with Gasteiger partial charge in [0.25, 0.3) is 0 Å². The number of rotatable bonds is 0. The second-order valence-corrected chi connectivity index (χ2v) is 15.5. The molecular weight excluding hydrogens is 478 g/mol. The molecule has 0 saturated heterocycles. The molecule has 0 unspecified atom stereocenters. The van der Waals surface area contributed by atoms with Gasteiger partial charge in [0.2, 0.25) is 0 Å². The third-order valence-electron chi connectivity index (χ3n) is 6.89. The summed E-state index contributed by atoms with van der Waals surface area (Å²) < 4.78 is 24.8. The summed E-state index contributed by atoms with van der Waals surface area (Å²) in [4.78, 5) is 13.3. The van der Waals surface area contributed by atoms with Gasteiger partial charge in [0.15, 0.2) is 0 Å². The smallest absolute Gasteiger partial charge is 0.736 e. The van der Waals surface area contributed by atoms with E-state index >= 15 is 0 Å². The molecule has 3 rings (SSSR count). The summed E-state index contributed by atoms with van der Waals surface area (Å²) in [5.41, 5.74) is 5.37. The van der Waals surface area contributed by atoms with Gasteiger partial charge in [-0.25, -0.2) is 4.57 Å². The number of fused-ring (bicyclic) bond motifs is 4. The second-order valence-electron chi connectivity index (χ2n) is 14.2. The van der Waals surface area contributed by atoms with Crippen LogP contribution in [0.4, 0.5) is 0 Å². The predicted molar refractivity (Wildman–Crippen MR) is 144 cm³/mol. The molecule has 0 radical (unpaired) electrons. The molecule has 4 bridgehead atoms. The van der Waals surface area contributed by atoms with Crippen molar-refractivity contribution in [3.63, 3.8) is 0 Å². The fourth-order valence-electron chi connectivity index (χ4n) is 4.96. The third kappa shape index (κ3) is 6.44. The fourth-order valence-corrected chi connectivity index (χ4v) is 5.78. The van der Waals surface area contributed by atoms with Crippen LogP contribution in [0, 0.1) is 0 Å². The quantitative estimate of drug-likeness (QED) is 0.349. The largest absolute Gasteiger partial charge is 1.00 e. The van der Waals surface area contributed by atoms with Crippen LogP contribution in [-0.4, -0.2) is 0 Å². The van der Waals surface area contributed by atoms with Crippen LogP contribution >= 0.6 is 7.82 Å². The Morgan fingerprint density at radius 3 is 1.14 bits per heavy atom. The van der Waals surface area contributed by atoms with E-state index in [0.29, 0.717) is 11.5 Å². The third-order valence-corrected chi connectivity index (χ3v) is 7.73. The Morgan fingerprint density at radius 2 is 0.889 bits per heavy atom. The minimum atomic E-state index is -4.70. The average molecular weight is 523 g/mol. The molecule has 6 heteroatoms. The number of hydrogen-bond donors (Lipinski definition) is 0. The van der Waals surface area contributed by atoms with E-state index in [2.05, 4.69) is 102 Å². The molecule has 0 spiro atoms. The summed E-state index contributed by atoms with van der Waals surface area (Å²) in [6, 6.07) is 8.16. The Morgan fingerprint density at radius 1 is 0.611 bits per heavy atom. The van der Waals surface area contributed by atoms with Gasteiger partial charge in [0.05, 0.1) is 0 Å². The number of hydrogen-bond acceptors (Lipinski definition) is 4. The number of phosphoric ester groups is 1. The molecule has 1 heterocycles. The summed E-state index contributed by atoms with van der Waals surface area (Å²) >= 11 is 0. The molecule has 0 aliphatic carbocycles. The summed E-state index contributed by atoms with van der Waals surface area (Å²) in [7, 11) is -4.70. The first-order chi connectivity index (χ1) is 15.5. The summed E-state index contributed by atoms with van der Waals surface area (Å²) in [6.45, 7) is 27.9. The van der Waals surface area contributed by atoms with E-state index < -0.39 is 7.82 Å². The Labute approximate surface area is 241 Å². The van der Waals surface area contributed by atoms with Crippen molar-refractivity contribution in [3.05, 3.63) is 57.6 Å². The van der Waals surface area contributed by atoms with Crippen molar-refractivity contribution in [2.24, 2.45) is 0 Å². The molecule has 0 amide bonds. The molecule has 4 nitrogen and oxygen atoms in total. The van der Waals surface area contributed by atoms with Gasteiger partial charge in [-0.1, -0.05) is 102 Å². The van der Waals surface area contributed by atoms with Crippen LogP contribution in [0.1, 0.15) is 129 Å². The van der Waals surface area contributed by atoms with E-state index in [9.17, 15) is 9.46 Å². The Balaban J connectivity index is 0.00000456. The molecule has 0 N–H and O–H groups in total. The van der Waals surface area contributed by atoms with Crippen LogP contribution < -0.4 is 43.5 Å². The zero-order valence-corrected chi connectivity index (χ0v) is 27.9. The molecule has 0 saturated carbocycles.